The Morgan fingerprint density at radius 3 is 2.62 bits per heavy atom. The van der Waals surface area contributed by atoms with Crippen LogP contribution in [0.1, 0.15) is 0 Å². The number of aryl methyl sites for hydroxylation is 1. The molecule has 3 aromatic rings. The summed E-state index contributed by atoms with van der Waals surface area (Å²) in [5.74, 6) is 0.697. The number of hydrogen-bond acceptors (Lipinski definition) is 5. The van der Waals surface area contributed by atoms with Crippen molar-refractivity contribution in [3.05, 3.63) is 69.4 Å². The summed E-state index contributed by atoms with van der Waals surface area (Å²) in [5.41, 5.74) is 0.906. The van der Waals surface area contributed by atoms with Gasteiger partial charge in [-0.1, -0.05) is 12.1 Å². The Bertz CT molecular complexity index is 1100. The number of nitro benzene ring substituents is 1. The number of anilines is 1. The number of nitrogens with zero attached hydrogens (tertiary/aromatic N) is 3. The fourth-order valence-corrected chi connectivity index (χ4v) is 4.51. The molecule has 134 valence electrons. The summed E-state index contributed by atoms with van der Waals surface area (Å²) < 4.78 is 29.7. The van der Waals surface area contributed by atoms with Gasteiger partial charge in [-0.3, -0.25) is 14.8 Å². The Morgan fingerprint density at radius 2 is 2.00 bits per heavy atom. The van der Waals surface area contributed by atoms with Crippen LogP contribution in [0.2, 0.25) is 0 Å². The van der Waals surface area contributed by atoms with Gasteiger partial charge >= 0.3 is 0 Å². The Labute approximate surface area is 157 Å². The van der Waals surface area contributed by atoms with Crippen molar-refractivity contribution in [2.75, 3.05) is 4.72 Å². The lowest BCUT2D eigenvalue weighted by atomic mass is 10.2. The molecular weight excluding hydrogens is 424 g/mol. The van der Waals surface area contributed by atoms with E-state index in [0.29, 0.717) is 11.5 Å². The lowest BCUT2D eigenvalue weighted by Crippen LogP contribution is -2.13. The van der Waals surface area contributed by atoms with Gasteiger partial charge in [-0.2, -0.15) is 0 Å². The minimum atomic E-state index is -3.93. The van der Waals surface area contributed by atoms with Crippen LogP contribution in [0.3, 0.4) is 0 Å². The molecule has 0 amide bonds. The van der Waals surface area contributed by atoms with Crippen molar-refractivity contribution < 1.29 is 13.3 Å². The second-order valence-electron chi connectivity index (χ2n) is 5.42. The highest BCUT2D eigenvalue weighted by atomic mass is 79.9. The maximum atomic E-state index is 12.6. The Balaban J connectivity index is 1.93. The van der Waals surface area contributed by atoms with E-state index in [1.807, 2.05) is 17.7 Å². The number of nitro groups is 1. The lowest BCUT2D eigenvalue weighted by Gasteiger charge is -2.11. The highest BCUT2D eigenvalue weighted by Gasteiger charge is 2.20. The maximum absolute atomic E-state index is 12.6. The predicted molar refractivity (Wildman–Crippen MR) is 100 cm³/mol. The molecule has 0 aliphatic carbocycles. The Morgan fingerprint density at radius 1 is 1.23 bits per heavy atom. The molecule has 8 nitrogen and oxygen atoms in total. The van der Waals surface area contributed by atoms with Crippen molar-refractivity contribution in [1.29, 1.82) is 0 Å². The summed E-state index contributed by atoms with van der Waals surface area (Å²) in [6, 6.07) is 10.3. The molecular formula is C16H13BrN4O4S. The van der Waals surface area contributed by atoms with Crippen LogP contribution < -0.4 is 4.72 Å². The topological polar surface area (TPSA) is 107 Å². The molecule has 0 atom stereocenters. The van der Waals surface area contributed by atoms with E-state index in [2.05, 4.69) is 25.6 Å². The van der Waals surface area contributed by atoms with E-state index in [0.717, 1.165) is 17.7 Å². The summed E-state index contributed by atoms with van der Waals surface area (Å²) in [4.78, 5) is 14.3. The van der Waals surface area contributed by atoms with Gasteiger partial charge in [0.25, 0.3) is 15.7 Å². The van der Waals surface area contributed by atoms with Crippen LogP contribution >= 0.6 is 15.9 Å². The molecule has 26 heavy (non-hydrogen) atoms. The predicted octanol–water partition coefficient (Wildman–Crippen LogP) is 3.56. The van der Waals surface area contributed by atoms with E-state index in [4.69, 9.17) is 0 Å². The molecule has 1 aromatic heterocycles. The van der Waals surface area contributed by atoms with Gasteiger partial charge in [-0.05, 0) is 34.1 Å². The van der Waals surface area contributed by atoms with Crippen molar-refractivity contribution in [1.82, 2.24) is 9.55 Å². The molecule has 0 aliphatic rings. The second-order valence-corrected chi connectivity index (χ2v) is 7.93. The van der Waals surface area contributed by atoms with Crippen LogP contribution in [0.25, 0.3) is 11.4 Å². The molecule has 3 rings (SSSR count). The van der Waals surface area contributed by atoms with E-state index in [1.54, 1.807) is 30.6 Å². The summed E-state index contributed by atoms with van der Waals surface area (Å²) in [5, 5.41) is 10.8. The number of nitrogens with one attached hydrogen (secondary N) is 1. The Hall–Kier alpha value is -2.72. The number of non-ortho nitro benzene ring substituents is 1. The van der Waals surface area contributed by atoms with Crippen LogP contribution in [-0.2, 0) is 17.1 Å². The first-order valence-corrected chi connectivity index (χ1v) is 9.60. The average molecular weight is 437 g/mol. The quantitative estimate of drug-likeness (QED) is 0.485. The number of aromatic nitrogens is 2. The molecule has 0 bridgehead atoms. The second kappa shape index (κ2) is 6.89. The molecule has 0 fully saturated rings. The smallest absolute Gasteiger partial charge is 0.270 e. The molecule has 0 unspecified atom stereocenters. The molecule has 0 radical (unpaired) electrons. The fourth-order valence-electron chi connectivity index (χ4n) is 2.40. The summed E-state index contributed by atoms with van der Waals surface area (Å²) in [7, 11) is -2.09. The van der Waals surface area contributed by atoms with Crippen molar-refractivity contribution in [2.45, 2.75) is 4.90 Å². The third-order valence-electron chi connectivity index (χ3n) is 3.61. The highest BCUT2D eigenvalue weighted by Crippen LogP contribution is 2.29. The number of halogens is 1. The molecule has 1 heterocycles. The van der Waals surface area contributed by atoms with Gasteiger partial charge in [0.2, 0.25) is 0 Å². The van der Waals surface area contributed by atoms with Crippen LogP contribution in [0.15, 0.2) is 64.2 Å². The first kappa shape index (κ1) is 18.1. The third-order valence-corrected chi connectivity index (χ3v) is 5.97. The van der Waals surface area contributed by atoms with E-state index >= 15 is 0 Å². The van der Waals surface area contributed by atoms with Gasteiger partial charge in [-0.25, -0.2) is 13.4 Å². The number of benzene rings is 2. The minimum Gasteiger partial charge on any atom is -0.334 e. The maximum Gasteiger partial charge on any atom is 0.270 e. The van der Waals surface area contributed by atoms with E-state index in [1.165, 1.54) is 6.07 Å². The van der Waals surface area contributed by atoms with Crippen molar-refractivity contribution >= 4 is 37.3 Å². The number of imidazole rings is 1. The van der Waals surface area contributed by atoms with Crippen LogP contribution in [0.4, 0.5) is 11.4 Å². The van der Waals surface area contributed by atoms with Gasteiger partial charge in [0, 0.05) is 47.3 Å². The molecule has 2 aromatic carbocycles. The first-order chi connectivity index (χ1) is 12.3. The molecule has 0 spiro atoms. The van der Waals surface area contributed by atoms with E-state index < -0.39 is 14.9 Å². The van der Waals surface area contributed by atoms with Gasteiger partial charge < -0.3 is 4.57 Å². The summed E-state index contributed by atoms with van der Waals surface area (Å²) >= 11 is 3.08. The van der Waals surface area contributed by atoms with Crippen molar-refractivity contribution in [2.24, 2.45) is 7.05 Å². The van der Waals surface area contributed by atoms with Crippen LogP contribution in [0, 0.1) is 10.1 Å². The third kappa shape index (κ3) is 3.60. The monoisotopic (exact) mass is 436 g/mol. The first-order valence-electron chi connectivity index (χ1n) is 7.32. The minimum absolute atomic E-state index is 0.0921. The fraction of sp³-hybridized carbons (Fsp3) is 0.0625. The summed E-state index contributed by atoms with van der Waals surface area (Å²) in [6.45, 7) is 0. The zero-order valence-corrected chi connectivity index (χ0v) is 15.9. The zero-order valence-electron chi connectivity index (χ0n) is 13.5. The van der Waals surface area contributed by atoms with Gasteiger partial charge in [0.05, 0.1) is 4.92 Å². The average Bonchev–Trinajstić information content (AvgIpc) is 3.00. The molecule has 10 heteroatoms. The van der Waals surface area contributed by atoms with Crippen molar-refractivity contribution in [3.63, 3.8) is 0 Å². The van der Waals surface area contributed by atoms with E-state index in [-0.39, 0.29) is 15.1 Å². The van der Waals surface area contributed by atoms with Gasteiger partial charge in [0.15, 0.2) is 0 Å². The zero-order chi connectivity index (χ0) is 18.9. The molecule has 0 aliphatic heterocycles. The number of sulfonamides is 1. The van der Waals surface area contributed by atoms with E-state index in [9.17, 15) is 18.5 Å². The largest absolute Gasteiger partial charge is 0.334 e. The summed E-state index contributed by atoms with van der Waals surface area (Å²) in [6.07, 6.45) is 3.44. The van der Waals surface area contributed by atoms with Gasteiger partial charge in [-0.15, -0.1) is 0 Å². The standard InChI is InChI=1S/C16H13BrN4O4S/c1-20-8-7-18-16(20)11-3-2-4-12(9-11)19-26(24,25)15-6-5-13(21(22)23)10-14(15)17/h2-10,19H,1H3. The normalized spacial score (nSPS) is 11.3. The van der Waals surface area contributed by atoms with Crippen LogP contribution in [0.5, 0.6) is 0 Å². The number of hydrogen-bond donors (Lipinski definition) is 1. The van der Waals surface area contributed by atoms with Crippen LogP contribution in [-0.4, -0.2) is 22.9 Å². The number of rotatable bonds is 5. The molecule has 0 saturated heterocycles. The Kier molecular flexibility index (Phi) is 4.79. The SMILES string of the molecule is Cn1ccnc1-c1cccc(NS(=O)(=O)c2ccc([N+](=O)[O-])cc2Br)c1. The lowest BCUT2D eigenvalue weighted by molar-refractivity contribution is -0.385. The highest BCUT2D eigenvalue weighted by molar-refractivity contribution is 9.10. The van der Waals surface area contributed by atoms with Gasteiger partial charge in [0.1, 0.15) is 10.7 Å². The van der Waals surface area contributed by atoms with Crippen molar-refractivity contribution in [3.8, 4) is 11.4 Å². The molecule has 0 saturated carbocycles. The molecule has 1 N–H and O–H groups in total.